The van der Waals surface area contributed by atoms with Crippen molar-refractivity contribution in [1.82, 2.24) is 9.97 Å². The summed E-state index contributed by atoms with van der Waals surface area (Å²) in [6.07, 6.45) is 1.23. The molecule has 0 bridgehead atoms. The predicted octanol–water partition coefficient (Wildman–Crippen LogP) is 5.00. The van der Waals surface area contributed by atoms with Crippen LogP contribution in [0.4, 0.5) is 24.8 Å². The molecule has 0 fully saturated rings. The lowest BCUT2D eigenvalue weighted by Crippen LogP contribution is -2.15. The Morgan fingerprint density at radius 1 is 1.19 bits per heavy atom. The molecule has 2 aromatic rings. The predicted molar refractivity (Wildman–Crippen MR) is 94.5 cm³/mol. The van der Waals surface area contributed by atoms with E-state index in [-0.39, 0.29) is 16.3 Å². The van der Waals surface area contributed by atoms with Crippen LogP contribution < -0.4 is 10.6 Å². The van der Waals surface area contributed by atoms with E-state index in [1.54, 1.807) is 0 Å². The number of halogens is 4. The number of nitrogens with zero attached hydrogens (tertiary/aromatic N) is 2. The molecule has 1 heterocycles. The van der Waals surface area contributed by atoms with Crippen molar-refractivity contribution in [3.05, 3.63) is 46.7 Å². The van der Waals surface area contributed by atoms with Crippen molar-refractivity contribution in [2.75, 3.05) is 17.2 Å². The summed E-state index contributed by atoms with van der Waals surface area (Å²) in [5, 5.41) is 5.38. The van der Waals surface area contributed by atoms with E-state index in [9.17, 15) is 18.0 Å². The van der Waals surface area contributed by atoms with Crippen LogP contribution >= 0.6 is 11.6 Å². The van der Waals surface area contributed by atoms with E-state index in [4.69, 9.17) is 11.6 Å². The highest BCUT2D eigenvalue weighted by molar-refractivity contribution is 6.34. The number of nitrogens with one attached hydrogen (secondary N) is 2. The van der Waals surface area contributed by atoms with E-state index in [0.717, 1.165) is 44.0 Å². The van der Waals surface area contributed by atoms with E-state index < -0.39 is 17.6 Å². The smallest absolute Gasteiger partial charge is 0.354 e. The molecule has 0 unspecified atom stereocenters. The third-order valence-electron chi connectivity index (χ3n) is 3.52. The van der Waals surface area contributed by atoms with Crippen molar-refractivity contribution in [3.8, 4) is 0 Å². The van der Waals surface area contributed by atoms with Crippen molar-refractivity contribution >= 4 is 29.1 Å². The number of rotatable bonds is 7. The lowest BCUT2D eigenvalue weighted by atomic mass is 10.2. The summed E-state index contributed by atoms with van der Waals surface area (Å²) >= 11 is 5.86. The molecule has 1 amide bonds. The molecule has 1 aromatic heterocycles. The first-order valence-corrected chi connectivity index (χ1v) is 8.43. The second-order valence-corrected chi connectivity index (χ2v) is 5.98. The molecular weight excluding hydrogens is 369 g/mol. The lowest BCUT2D eigenvalue weighted by molar-refractivity contribution is -0.137. The largest absolute Gasteiger partial charge is 0.416 e. The van der Waals surface area contributed by atoms with Crippen molar-refractivity contribution in [2.45, 2.75) is 32.4 Å². The number of hydrogen-bond acceptors (Lipinski definition) is 4. The third kappa shape index (κ3) is 5.59. The Balaban J connectivity index is 2.03. The maximum atomic E-state index is 12.8. The first kappa shape index (κ1) is 20.0. The van der Waals surface area contributed by atoms with Gasteiger partial charge >= 0.3 is 6.18 Å². The number of benzene rings is 1. The van der Waals surface area contributed by atoms with Crippen molar-refractivity contribution in [1.29, 1.82) is 0 Å². The molecule has 0 aliphatic carbocycles. The van der Waals surface area contributed by atoms with Crippen LogP contribution in [0.2, 0.25) is 5.02 Å². The lowest BCUT2D eigenvalue weighted by Gasteiger charge is -2.11. The summed E-state index contributed by atoms with van der Waals surface area (Å²) in [5.74, 6) is -0.265. The second-order valence-electron chi connectivity index (χ2n) is 5.58. The number of unbranched alkanes of at least 4 members (excludes halogenated alkanes) is 2. The average molecular weight is 387 g/mol. The van der Waals surface area contributed by atoms with Crippen molar-refractivity contribution < 1.29 is 18.0 Å². The monoisotopic (exact) mass is 386 g/mol. The zero-order chi connectivity index (χ0) is 19.2. The van der Waals surface area contributed by atoms with Gasteiger partial charge in [-0.25, -0.2) is 9.97 Å². The third-order valence-corrected chi connectivity index (χ3v) is 3.85. The highest BCUT2D eigenvalue weighted by Gasteiger charge is 2.31. The van der Waals surface area contributed by atoms with Crippen molar-refractivity contribution in [3.63, 3.8) is 0 Å². The second kappa shape index (κ2) is 8.84. The molecule has 0 saturated heterocycles. The Labute approximate surface area is 154 Å². The minimum Gasteiger partial charge on any atom is -0.354 e. The first-order valence-electron chi connectivity index (χ1n) is 8.05. The normalized spacial score (nSPS) is 11.3. The summed E-state index contributed by atoms with van der Waals surface area (Å²) in [6.45, 7) is 2.82. The van der Waals surface area contributed by atoms with Gasteiger partial charge in [-0.15, -0.1) is 0 Å². The fourth-order valence-corrected chi connectivity index (χ4v) is 2.27. The Morgan fingerprint density at radius 2 is 1.88 bits per heavy atom. The van der Waals surface area contributed by atoms with Crippen LogP contribution in [-0.2, 0) is 6.18 Å². The van der Waals surface area contributed by atoms with Gasteiger partial charge in [-0.3, -0.25) is 4.79 Å². The van der Waals surface area contributed by atoms with Crippen LogP contribution in [0.15, 0.2) is 30.6 Å². The molecule has 9 heteroatoms. The van der Waals surface area contributed by atoms with Gasteiger partial charge in [-0.2, -0.15) is 13.2 Å². The van der Waals surface area contributed by atoms with Crippen molar-refractivity contribution in [2.24, 2.45) is 0 Å². The number of aromatic nitrogens is 2. The van der Waals surface area contributed by atoms with Gasteiger partial charge in [0.1, 0.15) is 0 Å². The molecule has 26 heavy (non-hydrogen) atoms. The van der Waals surface area contributed by atoms with E-state index >= 15 is 0 Å². The molecule has 140 valence electrons. The molecule has 1 aromatic carbocycles. The quantitative estimate of drug-likeness (QED) is 0.657. The van der Waals surface area contributed by atoms with Gasteiger partial charge in [-0.1, -0.05) is 31.4 Å². The highest BCUT2D eigenvalue weighted by atomic mass is 35.5. The molecule has 0 spiro atoms. The van der Waals surface area contributed by atoms with Crippen LogP contribution in [0.5, 0.6) is 0 Å². The summed E-state index contributed by atoms with van der Waals surface area (Å²) in [5.41, 5.74) is -0.925. The number of hydrogen-bond donors (Lipinski definition) is 2. The molecular formula is C17H18ClF3N4O. The van der Waals surface area contributed by atoms with Gasteiger partial charge in [-0.05, 0) is 24.6 Å². The number of amides is 1. The molecule has 2 rings (SSSR count). The number of carbonyl (C=O) groups excluding carboxylic acids is 1. The SMILES string of the molecule is CCCCCNc1ncc(C(=O)Nc2cc(C(F)(F)F)ccc2Cl)cn1. The summed E-state index contributed by atoms with van der Waals surface area (Å²) in [6, 6.07) is 2.71. The van der Waals surface area contributed by atoms with E-state index in [2.05, 4.69) is 27.5 Å². The fraction of sp³-hybridized carbons (Fsp3) is 0.353. The molecule has 5 nitrogen and oxygen atoms in total. The van der Waals surface area contributed by atoms with Gasteiger partial charge < -0.3 is 10.6 Å². The minimum absolute atomic E-state index is 0.00137. The molecule has 2 N–H and O–H groups in total. The summed E-state index contributed by atoms with van der Waals surface area (Å²) in [4.78, 5) is 20.2. The van der Waals surface area contributed by atoms with Gasteiger partial charge in [0.05, 0.1) is 21.8 Å². The molecule has 0 aliphatic rings. The summed E-state index contributed by atoms with van der Waals surface area (Å²) in [7, 11) is 0. The highest BCUT2D eigenvalue weighted by Crippen LogP contribution is 2.33. The van der Waals surface area contributed by atoms with E-state index in [0.29, 0.717) is 5.95 Å². The zero-order valence-electron chi connectivity index (χ0n) is 14.0. The number of carbonyl (C=O) groups is 1. The first-order chi connectivity index (χ1) is 12.3. The van der Waals surface area contributed by atoms with E-state index in [1.165, 1.54) is 12.4 Å². The maximum Gasteiger partial charge on any atom is 0.416 e. The minimum atomic E-state index is -4.53. The molecule has 0 aliphatic heterocycles. The van der Waals surface area contributed by atoms with E-state index in [1.807, 2.05) is 0 Å². The topological polar surface area (TPSA) is 66.9 Å². The van der Waals surface area contributed by atoms with Crippen LogP contribution in [0.25, 0.3) is 0 Å². The Kier molecular flexibility index (Phi) is 6.79. The average Bonchev–Trinajstić information content (AvgIpc) is 2.60. The fourth-order valence-electron chi connectivity index (χ4n) is 2.10. The number of alkyl halides is 3. The van der Waals surface area contributed by atoms with Gasteiger partial charge in [0, 0.05) is 18.9 Å². The molecule has 0 atom stereocenters. The van der Waals surface area contributed by atoms with Crippen LogP contribution in [0, 0.1) is 0 Å². The van der Waals surface area contributed by atoms with Gasteiger partial charge in [0.25, 0.3) is 5.91 Å². The van der Waals surface area contributed by atoms with Gasteiger partial charge in [0.2, 0.25) is 5.95 Å². The zero-order valence-corrected chi connectivity index (χ0v) is 14.8. The Hall–Kier alpha value is -2.35. The maximum absolute atomic E-state index is 12.8. The Bertz CT molecular complexity index is 751. The molecule has 0 saturated carbocycles. The Morgan fingerprint density at radius 3 is 2.50 bits per heavy atom. The van der Waals surface area contributed by atoms with Crippen LogP contribution in [-0.4, -0.2) is 22.4 Å². The standard InChI is InChI=1S/C17H18ClF3N4O/c1-2-3-4-7-22-16-23-9-11(10-24-16)15(26)25-14-8-12(17(19,20)21)5-6-13(14)18/h5-6,8-10H,2-4,7H2,1H3,(H,25,26)(H,22,23,24). The van der Waals surface area contributed by atoms with Gasteiger partial charge in [0.15, 0.2) is 0 Å². The van der Waals surface area contributed by atoms with Crippen LogP contribution in [0.1, 0.15) is 42.1 Å². The van der Waals surface area contributed by atoms with Crippen LogP contribution in [0.3, 0.4) is 0 Å². The number of anilines is 2. The summed E-state index contributed by atoms with van der Waals surface area (Å²) < 4.78 is 38.3. The molecule has 0 radical (unpaired) electrons.